The number of carboxylic acid groups (broad SMARTS) is 1. The van der Waals surface area contributed by atoms with Crippen LogP contribution in [-0.2, 0) is 4.79 Å². The first-order valence-corrected chi connectivity index (χ1v) is 8.94. The summed E-state index contributed by atoms with van der Waals surface area (Å²) in [6, 6.07) is 10.1. The second kappa shape index (κ2) is 7.65. The van der Waals surface area contributed by atoms with E-state index in [1.807, 2.05) is 4.90 Å². The Hall–Kier alpha value is -3.09. The molecule has 2 aromatic rings. The summed E-state index contributed by atoms with van der Waals surface area (Å²) in [6.45, 7) is 7.69. The molecule has 27 heavy (non-hydrogen) atoms. The van der Waals surface area contributed by atoms with Crippen LogP contribution < -0.4 is 15.1 Å². The number of piperazine rings is 1. The number of rotatable bonds is 4. The van der Waals surface area contributed by atoms with Gasteiger partial charge < -0.3 is 20.2 Å². The van der Waals surface area contributed by atoms with E-state index >= 15 is 0 Å². The summed E-state index contributed by atoms with van der Waals surface area (Å²) < 4.78 is 0. The zero-order chi connectivity index (χ0) is 19.6. The number of anilines is 3. The van der Waals surface area contributed by atoms with Crippen molar-refractivity contribution in [1.82, 2.24) is 4.98 Å². The Balaban J connectivity index is 1.82. The average molecular weight is 368 g/mol. The Morgan fingerprint density at radius 2 is 2.04 bits per heavy atom. The topological polar surface area (TPSA) is 85.8 Å². The fourth-order valence-corrected chi connectivity index (χ4v) is 3.48. The molecule has 0 bridgehead atoms. The molecule has 142 valence electrons. The largest absolute Gasteiger partial charge is 0.478 e. The molecule has 0 unspecified atom stereocenters. The molecule has 1 amide bonds. The molecule has 1 saturated heterocycles. The van der Waals surface area contributed by atoms with Gasteiger partial charge in [0.1, 0.15) is 11.4 Å². The molecule has 1 fully saturated rings. The van der Waals surface area contributed by atoms with Gasteiger partial charge >= 0.3 is 5.97 Å². The molecule has 0 saturated carbocycles. The third-order valence-electron chi connectivity index (χ3n) is 4.68. The number of carboxylic acids is 1. The predicted molar refractivity (Wildman–Crippen MR) is 106 cm³/mol. The lowest BCUT2D eigenvalue weighted by Gasteiger charge is -2.42. The Kier molecular flexibility index (Phi) is 5.30. The summed E-state index contributed by atoms with van der Waals surface area (Å²) in [6.07, 6.45) is 1.50. The maximum Gasteiger partial charge on any atom is 0.339 e. The van der Waals surface area contributed by atoms with Crippen LogP contribution in [0.1, 0.15) is 29.8 Å². The van der Waals surface area contributed by atoms with Crippen molar-refractivity contribution in [2.75, 3.05) is 34.8 Å². The number of carbonyl (C=O) groups is 2. The lowest BCUT2D eigenvalue weighted by molar-refractivity contribution is -0.114. The minimum absolute atomic E-state index is 0.0949. The Morgan fingerprint density at radius 3 is 2.67 bits per heavy atom. The van der Waals surface area contributed by atoms with E-state index in [4.69, 9.17) is 0 Å². The molecule has 0 radical (unpaired) electrons. The van der Waals surface area contributed by atoms with Crippen LogP contribution in [0, 0.1) is 6.92 Å². The van der Waals surface area contributed by atoms with Gasteiger partial charge in [-0.15, -0.1) is 0 Å². The van der Waals surface area contributed by atoms with Gasteiger partial charge in [0.25, 0.3) is 0 Å². The molecule has 1 aliphatic rings. The zero-order valence-corrected chi connectivity index (χ0v) is 15.8. The first kappa shape index (κ1) is 18.7. The van der Waals surface area contributed by atoms with Gasteiger partial charge in [-0.1, -0.05) is 12.1 Å². The molecule has 1 aromatic heterocycles. The minimum Gasteiger partial charge on any atom is -0.478 e. The summed E-state index contributed by atoms with van der Waals surface area (Å²) in [4.78, 5) is 31.6. The highest BCUT2D eigenvalue weighted by Crippen LogP contribution is 2.27. The van der Waals surface area contributed by atoms with Gasteiger partial charge in [0.05, 0.1) is 11.9 Å². The normalized spacial score (nSPS) is 16.9. The van der Waals surface area contributed by atoms with Gasteiger partial charge in [-0.25, -0.2) is 9.78 Å². The highest BCUT2D eigenvalue weighted by Gasteiger charge is 2.27. The maximum atomic E-state index is 11.7. The lowest BCUT2D eigenvalue weighted by Crippen LogP contribution is -2.52. The van der Waals surface area contributed by atoms with E-state index in [2.05, 4.69) is 53.3 Å². The third kappa shape index (κ3) is 4.19. The number of carbonyl (C=O) groups excluding carboxylic acids is 1. The number of pyridine rings is 1. The highest BCUT2D eigenvalue weighted by atomic mass is 16.4. The number of hydrogen-bond donors (Lipinski definition) is 2. The van der Waals surface area contributed by atoms with E-state index < -0.39 is 5.97 Å². The summed E-state index contributed by atoms with van der Waals surface area (Å²) in [7, 11) is 0. The fourth-order valence-electron chi connectivity index (χ4n) is 3.48. The molecule has 1 atom stereocenters. The standard InChI is InChI=1S/C20H24N4O3/c1-13-5-4-6-17(9-13)24-8-7-23(12-14(24)2)19-18(20(26)27)10-16(11-21-19)22-15(3)25/h4-6,9-11,14H,7-8,12H2,1-3H3,(H,22,25)(H,26,27)/t14-/m0/s1. The minimum atomic E-state index is -1.06. The monoisotopic (exact) mass is 368 g/mol. The van der Waals surface area contributed by atoms with E-state index in [1.165, 1.54) is 30.4 Å². The highest BCUT2D eigenvalue weighted by molar-refractivity contribution is 5.96. The number of aromatic carboxylic acids is 1. The van der Waals surface area contributed by atoms with Gasteiger partial charge in [-0.2, -0.15) is 0 Å². The van der Waals surface area contributed by atoms with Crippen LogP contribution in [0.5, 0.6) is 0 Å². The zero-order valence-electron chi connectivity index (χ0n) is 15.8. The number of aryl methyl sites for hydroxylation is 1. The van der Waals surface area contributed by atoms with Gasteiger partial charge in [0, 0.05) is 38.3 Å². The van der Waals surface area contributed by atoms with Crippen molar-refractivity contribution < 1.29 is 14.7 Å². The molecular weight excluding hydrogens is 344 g/mol. The summed E-state index contributed by atoms with van der Waals surface area (Å²) in [5.74, 6) is -0.882. The lowest BCUT2D eigenvalue weighted by atomic mass is 10.1. The maximum absolute atomic E-state index is 11.7. The molecule has 1 aromatic carbocycles. The van der Waals surface area contributed by atoms with Crippen molar-refractivity contribution in [3.05, 3.63) is 47.7 Å². The van der Waals surface area contributed by atoms with Crippen LogP contribution >= 0.6 is 0 Å². The van der Waals surface area contributed by atoms with Crippen molar-refractivity contribution in [3.8, 4) is 0 Å². The molecule has 2 heterocycles. The Morgan fingerprint density at radius 1 is 1.26 bits per heavy atom. The van der Waals surface area contributed by atoms with Crippen molar-refractivity contribution in [1.29, 1.82) is 0 Å². The first-order valence-electron chi connectivity index (χ1n) is 8.94. The molecular formula is C20H24N4O3. The molecule has 0 spiro atoms. The summed E-state index contributed by atoms with van der Waals surface area (Å²) >= 11 is 0. The van der Waals surface area contributed by atoms with Gasteiger partial charge in [0.15, 0.2) is 0 Å². The van der Waals surface area contributed by atoms with Crippen molar-refractivity contribution >= 4 is 29.1 Å². The number of aromatic nitrogens is 1. The Labute approximate surface area is 158 Å². The number of nitrogens with one attached hydrogen (secondary N) is 1. The van der Waals surface area contributed by atoms with Crippen LogP contribution in [0.4, 0.5) is 17.2 Å². The smallest absolute Gasteiger partial charge is 0.339 e. The number of amides is 1. The molecule has 7 heteroatoms. The third-order valence-corrected chi connectivity index (χ3v) is 4.68. The SMILES string of the molecule is CC(=O)Nc1cnc(N2CCN(c3cccc(C)c3)[C@@H](C)C2)c(C(=O)O)c1. The number of benzene rings is 1. The fraction of sp³-hybridized carbons (Fsp3) is 0.350. The molecule has 1 aliphatic heterocycles. The number of nitrogens with zero attached hydrogens (tertiary/aromatic N) is 3. The van der Waals surface area contributed by atoms with Gasteiger partial charge in [-0.05, 0) is 37.6 Å². The van der Waals surface area contributed by atoms with Crippen LogP contribution in [0.15, 0.2) is 36.5 Å². The average Bonchev–Trinajstić information content (AvgIpc) is 2.61. The first-order chi connectivity index (χ1) is 12.8. The predicted octanol–water partition coefficient (Wildman–Crippen LogP) is 2.76. The van der Waals surface area contributed by atoms with E-state index in [-0.39, 0.29) is 17.5 Å². The van der Waals surface area contributed by atoms with Crippen LogP contribution in [0.3, 0.4) is 0 Å². The van der Waals surface area contributed by atoms with Crippen molar-refractivity contribution in [2.45, 2.75) is 26.8 Å². The Bertz CT molecular complexity index is 868. The second-order valence-corrected chi connectivity index (χ2v) is 6.91. The summed E-state index contributed by atoms with van der Waals surface area (Å²) in [5.41, 5.74) is 2.87. The van der Waals surface area contributed by atoms with Crippen LogP contribution in [0.25, 0.3) is 0 Å². The van der Waals surface area contributed by atoms with Crippen molar-refractivity contribution in [3.63, 3.8) is 0 Å². The molecule has 2 N–H and O–H groups in total. The number of hydrogen-bond acceptors (Lipinski definition) is 5. The molecule has 3 rings (SSSR count). The van der Waals surface area contributed by atoms with E-state index in [1.54, 1.807) is 0 Å². The van der Waals surface area contributed by atoms with E-state index in [9.17, 15) is 14.7 Å². The van der Waals surface area contributed by atoms with Crippen molar-refractivity contribution in [2.24, 2.45) is 0 Å². The molecule has 0 aliphatic carbocycles. The van der Waals surface area contributed by atoms with Gasteiger partial charge in [-0.3, -0.25) is 4.79 Å². The van der Waals surface area contributed by atoms with Crippen LogP contribution in [0.2, 0.25) is 0 Å². The quantitative estimate of drug-likeness (QED) is 0.863. The van der Waals surface area contributed by atoms with Gasteiger partial charge in [0.2, 0.25) is 5.91 Å². The van der Waals surface area contributed by atoms with E-state index in [0.717, 1.165) is 6.54 Å². The summed E-state index contributed by atoms with van der Waals surface area (Å²) in [5, 5.41) is 12.2. The second-order valence-electron chi connectivity index (χ2n) is 6.91. The van der Waals surface area contributed by atoms with Crippen LogP contribution in [-0.4, -0.2) is 47.6 Å². The molecule has 7 nitrogen and oxygen atoms in total. The van der Waals surface area contributed by atoms with E-state index in [0.29, 0.717) is 24.6 Å².